The molecule has 1 aromatic rings. The van der Waals surface area contributed by atoms with Gasteiger partial charge in [0.25, 0.3) is 0 Å². The predicted octanol–water partition coefficient (Wildman–Crippen LogP) is 2.67. The van der Waals surface area contributed by atoms with E-state index in [1.54, 1.807) is 31.2 Å². The van der Waals surface area contributed by atoms with E-state index in [0.29, 0.717) is 12.8 Å². The van der Waals surface area contributed by atoms with E-state index in [2.05, 4.69) is 6.58 Å². The number of rotatable bonds is 5. The first kappa shape index (κ1) is 15.8. The molecule has 0 heterocycles. The third-order valence-corrected chi connectivity index (χ3v) is 6.71. The number of carbonyl (C=O) groups is 1. The molecule has 0 amide bonds. The molecule has 2 atom stereocenters. The van der Waals surface area contributed by atoms with Gasteiger partial charge in [-0.2, -0.15) is 0 Å². The van der Waals surface area contributed by atoms with E-state index in [9.17, 15) is 13.2 Å². The number of aryl methyl sites for hydroxylation is 1. The highest BCUT2D eigenvalue weighted by Crippen LogP contribution is 2.49. The van der Waals surface area contributed by atoms with Gasteiger partial charge in [0.15, 0.2) is 9.84 Å². The lowest BCUT2D eigenvalue weighted by Gasteiger charge is -2.44. The first-order chi connectivity index (χ1) is 9.89. The monoisotopic (exact) mass is 308 g/mol. The Morgan fingerprint density at radius 3 is 2.48 bits per heavy atom. The molecule has 0 N–H and O–H groups in total. The van der Waals surface area contributed by atoms with E-state index < -0.39 is 26.5 Å². The van der Waals surface area contributed by atoms with Crippen molar-refractivity contribution in [2.75, 3.05) is 6.61 Å². The van der Waals surface area contributed by atoms with Gasteiger partial charge in [0.2, 0.25) is 0 Å². The molecule has 1 aliphatic carbocycles. The summed E-state index contributed by atoms with van der Waals surface area (Å²) in [5.41, 5.74) is 0.983. The highest BCUT2D eigenvalue weighted by atomic mass is 32.2. The quantitative estimate of drug-likeness (QED) is 0.620. The molecule has 4 nitrogen and oxygen atoms in total. The van der Waals surface area contributed by atoms with E-state index >= 15 is 0 Å². The summed E-state index contributed by atoms with van der Waals surface area (Å²) in [6, 6.07) is 6.66. The number of hydrogen-bond acceptors (Lipinski definition) is 4. The van der Waals surface area contributed by atoms with Gasteiger partial charge >= 0.3 is 5.97 Å². The van der Waals surface area contributed by atoms with Crippen molar-refractivity contribution in [2.45, 2.75) is 36.3 Å². The second-order valence-corrected chi connectivity index (χ2v) is 7.56. The zero-order chi connectivity index (χ0) is 15.7. The lowest BCUT2D eigenvalue weighted by molar-refractivity contribution is -0.152. The fraction of sp³-hybridized carbons (Fsp3) is 0.438. The number of carbonyl (C=O) groups excluding carboxylic acids is 1. The topological polar surface area (TPSA) is 60.4 Å². The molecular weight excluding hydrogens is 288 g/mol. The van der Waals surface area contributed by atoms with Gasteiger partial charge in [-0.25, -0.2) is 8.42 Å². The summed E-state index contributed by atoms with van der Waals surface area (Å²) in [5, 5.41) is 0. The van der Waals surface area contributed by atoms with Gasteiger partial charge in [-0.1, -0.05) is 23.8 Å². The Hall–Kier alpha value is -1.62. The summed E-state index contributed by atoms with van der Waals surface area (Å²) >= 11 is 0. The van der Waals surface area contributed by atoms with Crippen molar-refractivity contribution in [2.24, 2.45) is 5.92 Å². The minimum atomic E-state index is -3.66. The second kappa shape index (κ2) is 5.64. The van der Waals surface area contributed by atoms with Crippen molar-refractivity contribution in [3.63, 3.8) is 0 Å². The maximum Gasteiger partial charge on any atom is 0.310 e. The number of benzene rings is 1. The maximum absolute atomic E-state index is 12.9. The summed E-state index contributed by atoms with van der Waals surface area (Å²) in [7, 11) is -3.66. The number of hydrogen-bond donors (Lipinski definition) is 0. The van der Waals surface area contributed by atoms with Gasteiger partial charge in [-0.3, -0.25) is 4.79 Å². The molecule has 0 aliphatic heterocycles. The van der Waals surface area contributed by atoms with Crippen molar-refractivity contribution in [1.29, 1.82) is 0 Å². The van der Waals surface area contributed by atoms with Crippen LogP contribution in [0.2, 0.25) is 0 Å². The van der Waals surface area contributed by atoms with Gasteiger partial charge in [0, 0.05) is 0 Å². The molecule has 0 aromatic heterocycles. The summed E-state index contributed by atoms with van der Waals surface area (Å²) in [6.07, 6.45) is 2.30. The Bertz CT molecular complexity index is 645. The molecule has 21 heavy (non-hydrogen) atoms. The molecule has 1 fully saturated rings. The molecule has 0 bridgehead atoms. The van der Waals surface area contributed by atoms with Crippen molar-refractivity contribution in [3.8, 4) is 0 Å². The Labute approximate surface area is 125 Å². The molecule has 2 unspecified atom stereocenters. The minimum Gasteiger partial charge on any atom is -0.466 e. The van der Waals surface area contributed by atoms with Crippen molar-refractivity contribution < 1.29 is 17.9 Å². The van der Waals surface area contributed by atoms with Crippen LogP contribution >= 0.6 is 0 Å². The van der Waals surface area contributed by atoms with Crippen molar-refractivity contribution in [3.05, 3.63) is 42.5 Å². The van der Waals surface area contributed by atoms with Gasteiger partial charge < -0.3 is 4.74 Å². The average Bonchev–Trinajstić information content (AvgIpc) is 2.39. The third kappa shape index (κ3) is 2.39. The molecule has 0 spiro atoms. The average molecular weight is 308 g/mol. The summed E-state index contributed by atoms with van der Waals surface area (Å²) in [4.78, 5) is 12.2. The van der Waals surface area contributed by atoms with Crippen LogP contribution in [0.4, 0.5) is 0 Å². The normalized spacial score (nSPS) is 25.0. The molecular formula is C16H20O4S. The van der Waals surface area contributed by atoms with Crippen LogP contribution in [0.25, 0.3) is 0 Å². The van der Waals surface area contributed by atoms with Crippen LogP contribution in [0.3, 0.4) is 0 Å². The molecule has 0 radical (unpaired) electrons. The molecule has 114 valence electrons. The Morgan fingerprint density at radius 1 is 1.43 bits per heavy atom. The smallest absolute Gasteiger partial charge is 0.310 e. The Morgan fingerprint density at radius 2 is 2.05 bits per heavy atom. The van der Waals surface area contributed by atoms with E-state index in [-0.39, 0.29) is 11.5 Å². The lowest BCUT2D eigenvalue weighted by Crippen LogP contribution is -2.55. The van der Waals surface area contributed by atoms with Gasteiger partial charge in [0.05, 0.1) is 17.4 Å². The highest BCUT2D eigenvalue weighted by molar-refractivity contribution is 7.93. The van der Waals surface area contributed by atoms with Crippen LogP contribution in [0.1, 0.15) is 25.3 Å². The van der Waals surface area contributed by atoms with Gasteiger partial charge in [0.1, 0.15) is 4.75 Å². The van der Waals surface area contributed by atoms with Crippen molar-refractivity contribution in [1.82, 2.24) is 0 Å². The summed E-state index contributed by atoms with van der Waals surface area (Å²) in [5.74, 6) is -1.12. The standard InChI is InChI=1S/C16H20O4S/c1-4-16(11-10-14(16)15(17)20-5-2)21(18,19)13-8-6-12(3)7-9-13/h4,6-9,14H,1,5,10-11H2,2-3H3. The van der Waals surface area contributed by atoms with Gasteiger partial charge in [-0.05, 0) is 38.8 Å². The highest BCUT2D eigenvalue weighted by Gasteiger charge is 2.58. The number of sulfone groups is 1. The fourth-order valence-electron chi connectivity index (χ4n) is 2.75. The predicted molar refractivity (Wildman–Crippen MR) is 80.6 cm³/mol. The minimum absolute atomic E-state index is 0.224. The molecule has 1 saturated carbocycles. The Kier molecular flexibility index (Phi) is 4.23. The SMILES string of the molecule is C=CC1(S(=O)(=O)c2ccc(C)cc2)CCC1C(=O)OCC. The largest absolute Gasteiger partial charge is 0.466 e. The summed E-state index contributed by atoms with van der Waals surface area (Å²) < 4.78 is 29.6. The van der Waals surface area contributed by atoms with E-state index in [4.69, 9.17) is 4.74 Å². The fourth-order valence-corrected chi connectivity index (χ4v) is 4.87. The molecule has 1 aromatic carbocycles. The molecule has 0 saturated heterocycles. The number of ether oxygens (including phenoxy) is 1. The first-order valence-corrected chi connectivity index (χ1v) is 8.49. The lowest BCUT2D eigenvalue weighted by atomic mass is 9.72. The molecule has 5 heteroatoms. The van der Waals surface area contributed by atoms with Crippen LogP contribution in [-0.4, -0.2) is 25.7 Å². The second-order valence-electron chi connectivity index (χ2n) is 5.32. The van der Waals surface area contributed by atoms with E-state index in [1.165, 1.54) is 6.08 Å². The van der Waals surface area contributed by atoms with E-state index in [0.717, 1.165) is 5.56 Å². The van der Waals surface area contributed by atoms with Crippen LogP contribution in [0, 0.1) is 12.8 Å². The third-order valence-electron chi connectivity index (χ3n) is 4.16. The Balaban J connectivity index is 2.42. The zero-order valence-corrected chi connectivity index (χ0v) is 13.2. The van der Waals surface area contributed by atoms with Crippen molar-refractivity contribution >= 4 is 15.8 Å². The number of esters is 1. The molecule has 2 rings (SSSR count). The van der Waals surface area contributed by atoms with Crippen LogP contribution < -0.4 is 0 Å². The van der Waals surface area contributed by atoms with Crippen LogP contribution in [0.15, 0.2) is 41.8 Å². The van der Waals surface area contributed by atoms with Crippen LogP contribution in [0.5, 0.6) is 0 Å². The zero-order valence-electron chi connectivity index (χ0n) is 12.3. The summed E-state index contributed by atoms with van der Waals surface area (Å²) in [6.45, 7) is 7.52. The first-order valence-electron chi connectivity index (χ1n) is 7.00. The molecule has 1 aliphatic rings. The van der Waals surface area contributed by atoms with Gasteiger partial charge in [-0.15, -0.1) is 6.58 Å². The van der Waals surface area contributed by atoms with E-state index in [1.807, 2.05) is 6.92 Å². The van der Waals surface area contributed by atoms with Crippen LogP contribution in [-0.2, 0) is 19.4 Å². The maximum atomic E-state index is 12.9.